The second kappa shape index (κ2) is 3.87. The molecule has 0 aliphatic heterocycles. The fourth-order valence-corrected chi connectivity index (χ4v) is 1.85. The molecule has 1 aromatic heterocycles. The molecule has 2 N–H and O–H groups in total. The van der Waals surface area contributed by atoms with Crippen molar-refractivity contribution in [1.29, 1.82) is 0 Å². The molecule has 0 saturated heterocycles. The number of nitrogens with zero attached hydrogens (tertiary/aromatic N) is 1. The van der Waals surface area contributed by atoms with Gasteiger partial charge in [0.15, 0.2) is 5.82 Å². The molecule has 1 fully saturated rings. The van der Waals surface area contributed by atoms with Crippen LogP contribution in [0.1, 0.15) is 18.7 Å². The number of fused-ring (bicyclic) bond motifs is 1. The molecule has 1 aliphatic carbocycles. The van der Waals surface area contributed by atoms with E-state index in [9.17, 15) is 4.39 Å². The second-order valence-corrected chi connectivity index (χ2v) is 4.39. The molecule has 1 aliphatic rings. The number of aromatic nitrogens is 2. The lowest BCUT2D eigenvalue weighted by molar-refractivity contribution is 0.621. The normalized spacial score (nSPS) is 15.8. The highest BCUT2D eigenvalue weighted by molar-refractivity contribution is 5.75. The van der Waals surface area contributed by atoms with Crippen LogP contribution in [0.15, 0.2) is 18.2 Å². The smallest absolute Gasteiger partial charge is 0.151 e. The Morgan fingerprint density at radius 1 is 1.44 bits per heavy atom. The van der Waals surface area contributed by atoms with Crippen molar-refractivity contribution in [2.24, 2.45) is 5.92 Å². The summed E-state index contributed by atoms with van der Waals surface area (Å²) in [6.45, 7) is 1.73. The first-order chi connectivity index (χ1) is 7.83. The van der Waals surface area contributed by atoms with Crippen LogP contribution >= 0.6 is 0 Å². The number of para-hydroxylation sites is 1. The zero-order valence-corrected chi connectivity index (χ0v) is 8.96. The Morgan fingerprint density at radius 2 is 2.31 bits per heavy atom. The number of rotatable bonds is 4. The van der Waals surface area contributed by atoms with E-state index < -0.39 is 0 Å². The van der Waals surface area contributed by atoms with Gasteiger partial charge in [0.05, 0.1) is 12.1 Å². The third kappa shape index (κ3) is 1.93. The van der Waals surface area contributed by atoms with E-state index in [2.05, 4.69) is 15.3 Å². The van der Waals surface area contributed by atoms with Crippen molar-refractivity contribution in [3.05, 3.63) is 29.8 Å². The molecule has 3 rings (SSSR count). The summed E-state index contributed by atoms with van der Waals surface area (Å²) in [4.78, 5) is 7.35. The molecule has 84 valence electrons. The lowest BCUT2D eigenvalue weighted by Crippen LogP contribution is -2.16. The fraction of sp³-hybridized carbons (Fsp3) is 0.417. The van der Waals surface area contributed by atoms with Crippen molar-refractivity contribution in [2.75, 3.05) is 6.54 Å². The van der Waals surface area contributed by atoms with E-state index >= 15 is 0 Å². The van der Waals surface area contributed by atoms with Crippen molar-refractivity contribution in [3.8, 4) is 0 Å². The molecule has 0 unspecified atom stereocenters. The minimum atomic E-state index is -0.262. The summed E-state index contributed by atoms with van der Waals surface area (Å²) >= 11 is 0. The highest BCUT2D eigenvalue weighted by atomic mass is 19.1. The van der Waals surface area contributed by atoms with Gasteiger partial charge < -0.3 is 10.3 Å². The Hall–Kier alpha value is -1.42. The highest BCUT2D eigenvalue weighted by Gasteiger charge is 2.20. The maximum absolute atomic E-state index is 13.4. The van der Waals surface area contributed by atoms with Crippen LogP contribution in [-0.4, -0.2) is 16.5 Å². The molecule has 3 nitrogen and oxygen atoms in total. The predicted molar refractivity (Wildman–Crippen MR) is 60.5 cm³/mol. The standard InChI is InChI=1S/C12H14FN3/c13-9-2-1-3-10-12(9)16-11(15-10)7-14-6-8-4-5-8/h1-3,8,14H,4-7H2,(H,15,16). The summed E-state index contributed by atoms with van der Waals surface area (Å²) in [5, 5.41) is 3.33. The Bertz CT molecular complexity index is 502. The first-order valence-electron chi connectivity index (χ1n) is 5.67. The molecule has 0 spiro atoms. The maximum Gasteiger partial charge on any atom is 0.151 e. The quantitative estimate of drug-likeness (QED) is 0.827. The third-order valence-corrected chi connectivity index (χ3v) is 2.93. The number of H-pyrrole nitrogens is 1. The summed E-state index contributed by atoms with van der Waals surface area (Å²) in [6.07, 6.45) is 2.67. The van der Waals surface area contributed by atoms with Crippen LogP contribution in [0.5, 0.6) is 0 Å². The van der Waals surface area contributed by atoms with Gasteiger partial charge in [0.2, 0.25) is 0 Å². The SMILES string of the molecule is Fc1cccc2[nH]c(CNCC3CC3)nc12. The minimum Gasteiger partial charge on any atom is -0.341 e. The number of hydrogen-bond acceptors (Lipinski definition) is 2. The van der Waals surface area contributed by atoms with Gasteiger partial charge in [-0.1, -0.05) is 6.07 Å². The van der Waals surface area contributed by atoms with Gasteiger partial charge in [0.1, 0.15) is 11.3 Å². The Balaban J connectivity index is 1.73. The maximum atomic E-state index is 13.4. The van der Waals surface area contributed by atoms with Crippen LogP contribution < -0.4 is 5.32 Å². The third-order valence-electron chi connectivity index (χ3n) is 2.93. The van der Waals surface area contributed by atoms with Crippen molar-refractivity contribution >= 4 is 11.0 Å². The van der Waals surface area contributed by atoms with E-state index in [1.807, 2.05) is 6.07 Å². The first kappa shape index (κ1) is 9.78. The van der Waals surface area contributed by atoms with Crippen LogP contribution in [0.25, 0.3) is 11.0 Å². The number of aromatic amines is 1. The topological polar surface area (TPSA) is 40.7 Å². The van der Waals surface area contributed by atoms with E-state index in [0.717, 1.165) is 23.8 Å². The zero-order valence-electron chi connectivity index (χ0n) is 8.96. The molecule has 0 bridgehead atoms. The van der Waals surface area contributed by atoms with Gasteiger partial charge in [-0.25, -0.2) is 9.37 Å². The van der Waals surface area contributed by atoms with Crippen molar-refractivity contribution in [1.82, 2.24) is 15.3 Å². The summed E-state index contributed by atoms with van der Waals surface area (Å²) in [5.74, 6) is 1.39. The van der Waals surface area contributed by atoms with Crippen molar-refractivity contribution in [3.63, 3.8) is 0 Å². The molecule has 1 aromatic carbocycles. The number of hydrogen-bond donors (Lipinski definition) is 2. The predicted octanol–water partition coefficient (Wildman–Crippen LogP) is 2.20. The van der Waals surface area contributed by atoms with E-state index in [0.29, 0.717) is 12.1 Å². The van der Waals surface area contributed by atoms with Crippen LogP contribution in [-0.2, 0) is 6.54 Å². The summed E-state index contributed by atoms with van der Waals surface area (Å²) < 4.78 is 13.4. The Labute approximate surface area is 93.1 Å². The molecule has 0 radical (unpaired) electrons. The van der Waals surface area contributed by atoms with Gasteiger partial charge >= 0.3 is 0 Å². The minimum absolute atomic E-state index is 0.262. The summed E-state index contributed by atoms with van der Waals surface area (Å²) in [6, 6.07) is 4.97. The Kier molecular flexibility index (Phi) is 2.36. The van der Waals surface area contributed by atoms with Crippen LogP contribution in [0.2, 0.25) is 0 Å². The van der Waals surface area contributed by atoms with Crippen LogP contribution in [0.4, 0.5) is 4.39 Å². The fourth-order valence-electron chi connectivity index (χ4n) is 1.85. The monoisotopic (exact) mass is 219 g/mol. The number of benzene rings is 1. The molecule has 0 atom stereocenters. The molecule has 4 heteroatoms. The molecule has 0 amide bonds. The van der Waals surface area contributed by atoms with Gasteiger partial charge in [-0.15, -0.1) is 0 Å². The lowest BCUT2D eigenvalue weighted by atomic mass is 10.3. The lowest BCUT2D eigenvalue weighted by Gasteiger charge is -1.98. The molecule has 1 saturated carbocycles. The number of nitrogens with one attached hydrogen (secondary N) is 2. The summed E-state index contributed by atoms with van der Waals surface area (Å²) in [7, 11) is 0. The average molecular weight is 219 g/mol. The number of imidazole rings is 1. The molecule has 2 aromatic rings. The molecule has 16 heavy (non-hydrogen) atoms. The zero-order chi connectivity index (χ0) is 11.0. The van der Waals surface area contributed by atoms with Gasteiger partial charge in [-0.2, -0.15) is 0 Å². The highest BCUT2D eigenvalue weighted by Crippen LogP contribution is 2.27. The average Bonchev–Trinajstić information content (AvgIpc) is 2.98. The van der Waals surface area contributed by atoms with Gasteiger partial charge in [-0.3, -0.25) is 0 Å². The first-order valence-corrected chi connectivity index (χ1v) is 5.67. The van der Waals surface area contributed by atoms with E-state index in [1.54, 1.807) is 6.07 Å². The summed E-state index contributed by atoms with van der Waals surface area (Å²) in [5.41, 5.74) is 1.20. The molecular formula is C12H14FN3. The second-order valence-electron chi connectivity index (χ2n) is 4.39. The van der Waals surface area contributed by atoms with Gasteiger partial charge in [-0.05, 0) is 37.4 Å². The van der Waals surface area contributed by atoms with Crippen molar-refractivity contribution < 1.29 is 4.39 Å². The molecule has 1 heterocycles. The largest absolute Gasteiger partial charge is 0.341 e. The van der Waals surface area contributed by atoms with E-state index in [4.69, 9.17) is 0 Å². The number of halogens is 1. The van der Waals surface area contributed by atoms with Crippen molar-refractivity contribution in [2.45, 2.75) is 19.4 Å². The van der Waals surface area contributed by atoms with Gasteiger partial charge in [0, 0.05) is 0 Å². The Morgan fingerprint density at radius 3 is 3.06 bits per heavy atom. The van der Waals surface area contributed by atoms with E-state index in [1.165, 1.54) is 18.9 Å². The van der Waals surface area contributed by atoms with Gasteiger partial charge in [0.25, 0.3) is 0 Å². The van der Waals surface area contributed by atoms with Crippen LogP contribution in [0, 0.1) is 11.7 Å². The molecular weight excluding hydrogens is 205 g/mol. The van der Waals surface area contributed by atoms with Crippen LogP contribution in [0.3, 0.4) is 0 Å². The van der Waals surface area contributed by atoms with E-state index in [-0.39, 0.29) is 5.82 Å².